The number of nitrogens with zero attached hydrogens (tertiary/aromatic N) is 2. The topological polar surface area (TPSA) is 49.6 Å². The molecule has 4 nitrogen and oxygen atoms in total. The number of amides is 1. The Bertz CT molecular complexity index is 312. The van der Waals surface area contributed by atoms with Crippen LogP contribution in [0.15, 0.2) is 0 Å². The molecule has 0 bridgehead atoms. The molecular formula is C14H25N3O. The SMILES string of the molecule is NC1CCC(C(=O)N2CCN3CCCC3C2)CC1. The summed E-state index contributed by atoms with van der Waals surface area (Å²) in [6.07, 6.45) is 6.65. The van der Waals surface area contributed by atoms with E-state index in [4.69, 9.17) is 5.73 Å². The number of fused-ring (bicyclic) bond motifs is 1. The number of carbonyl (C=O) groups is 1. The van der Waals surface area contributed by atoms with Gasteiger partial charge in [-0.15, -0.1) is 0 Å². The zero-order valence-corrected chi connectivity index (χ0v) is 11.2. The van der Waals surface area contributed by atoms with Crippen LogP contribution in [0.1, 0.15) is 38.5 Å². The van der Waals surface area contributed by atoms with Gasteiger partial charge in [0.25, 0.3) is 0 Å². The second-order valence-corrected chi connectivity index (χ2v) is 6.23. The Morgan fingerprint density at radius 2 is 1.78 bits per heavy atom. The highest BCUT2D eigenvalue weighted by Gasteiger charge is 2.35. The second-order valence-electron chi connectivity index (χ2n) is 6.23. The molecule has 3 rings (SSSR count). The van der Waals surface area contributed by atoms with E-state index in [1.165, 1.54) is 19.4 Å². The van der Waals surface area contributed by atoms with Crippen LogP contribution in [0.2, 0.25) is 0 Å². The summed E-state index contributed by atoms with van der Waals surface area (Å²) in [6.45, 7) is 4.24. The van der Waals surface area contributed by atoms with Gasteiger partial charge in [0.15, 0.2) is 0 Å². The van der Waals surface area contributed by atoms with Gasteiger partial charge in [-0.05, 0) is 45.1 Å². The normalized spacial score (nSPS) is 37.6. The highest BCUT2D eigenvalue weighted by Crippen LogP contribution is 2.27. The Balaban J connectivity index is 1.56. The summed E-state index contributed by atoms with van der Waals surface area (Å²) >= 11 is 0. The van der Waals surface area contributed by atoms with Crippen molar-refractivity contribution in [1.29, 1.82) is 0 Å². The number of hydrogen-bond donors (Lipinski definition) is 1. The van der Waals surface area contributed by atoms with E-state index in [1.807, 2.05) is 0 Å². The van der Waals surface area contributed by atoms with Crippen LogP contribution in [0.3, 0.4) is 0 Å². The van der Waals surface area contributed by atoms with Crippen molar-refractivity contribution in [2.75, 3.05) is 26.2 Å². The van der Waals surface area contributed by atoms with Crippen molar-refractivity contribution in [3.8, 4) is 0 Å². The Kier molecular flexibility index (Phi) is 3.57. The lowest BCUT2D eigenvalue weighted by atomic mass is 9.85. The van der Waals surface area contributed by atoms with Crippen molar-refractivity contribution in [2.45, 2.75) is 50.6 Å². The van der Waals surface area contributed by atoms with Crippen molar-refractivity contribution in [2.24, 2.45) is 11.7 Å². The molecule has 102 valence electrons. The van der Waals surface area contributed by atoms with Crippen LogP contribution in [-0.4, -0.2) is 54.0 Å². The first-order chi connectivity index (χ1) is 8.74. The summed E-state index contributed by atoms with van der Waals surface area (Å²) in [5.74, 6) is 0.672. The molecule has 3 aliphatic rings. The zero-order valence-electron chi connectivity index (χ0n) is 11.2. The van der Waals surface area contributed by atoms with Gasteiger partial charge >= 0.3 is 0 Å². The molecule has 1 atom stereocenters. The van der Waals surface area contributed by atoms with Gasteiger partial charge in [-0.3, -0.25) is 9.69 Å². The third kappa shape index (κ3) is 2.41. The second kappa shape index (κ2) is 5.17. The van der Waals surface area contributed by atoms with E-state index in [2.05, 4.69) is 9.80 Å². The van der Waals surface area contributed by atoms with E-state index in [0.717, 1.165) is 45.3 Å². The Morgan fingerprint density at radius 3 is 2.56 bits per heavy atom. The highest BCUT2D eigenvalue weighted by molar-refractivity contribution is 5.79. The van der Waals surface area contributed by atoms with E-state index < -0.39 is 0 Å². The average Bonchev–Trinajstić information content (AvgIpc) is 2.86. The Hall–Kier alpha value is -0.610. The van der Waals surface area contributed by atoms with Crippen LogP contribution in [-0.2, 0) is 4.79 Å². The quantitative estimate of drug-likeness (QED) is 0.750. The number of piperazine rings is 1. The first kappa shape index (κ1) is 12.4. The summed E-state index contributed by atoms with van der Waals surface area (Å²) in [5, 5.41) is 0. The summed E-state index contributed by atoms with van der Waals surface area (Å²) in [7, 11) is 0. The minimum atomic E-state index is 0.262. The number of nitrogens with two attached hydrogens (primary N) is 1. The molecule has 0 aromatic heterocycles. The lowest BCUT2D eigenvalue weighted by Crippen LogP contribution is -2.53. The summed E-state index contributed by atoms with van der Waals surface area (Å²) in [4.78, 5) is 17.2. The van der Waals surface area contributed by atoms with Crippen molar-refractivity contribution in [3.05, 3.63) is 0 Å². The molecule has 0 aromatic rings. The van der Waals surface area contributed by atoms with Gasteiger partial charge in [0, 0.05) is 37.6 Å². The third-order valence-corrected chi connectivity index (χ3v) is 5.02. The smallest absolute Gasteiger partial charge is 0.225 e. The van der Waals surface area contributed by atoms with Gasteiger partial charge < -0.3 is 10.6 Å². The van der Waals surface area contributed by atoms with Gasteiger partial charge in [-0.25, -0.2) is 0 Å². The van der Waals surface area contributed by atoms with Crippen molar-refractivity contribution >= 4 is 5.91 Å². The average molecular weight is 251 g/mol. The van der Waals surface area contributed by atoms with Gasteiger partial charge in [-0.2, -0.15) is 0 Å². The standard InChI is InChI=1S/C14H25N3O/c15-12-5-3-11(4-6-12)14(18)17-9-8-16-7-1-2-13(16)10-17/h11-13H,1-10,15H2. The predicted octanol–water partition coefficient (Wildman–Crippen LogP) is 0.810. The van der Waals surface area contributed by atoms with E-state index in [-0.39, 0.29) is 5.92 Å². The molecule has 0 spiro atoms. The highest BCUT2D eigenvalue weighted by atomic mass is 16.2. The van der Waals surface area contributed by atoms with Gasteiger partial charge in [-0.1, -0.05) is 0 Å². The van der Waals surface area contributed by atoms with E-state index in [0.29, 0.717) is 18.0 Å². The van der Waals surface area contributed by atoms with Crippen molar-refractivity contribution in [1.82, 2.24) is 9.80 Å². The first-order valence-corrected chi connectivity index (χ1v) is 7.52. The monoisotopic (exact) mass is 251 g/mol. The maximum absolute atomic E-state index is 12.5. The predicted molar refractivity (Wildman–Crippen MR) is 71.1 cm³/mol. The molecule has 0 radical (unpaired) electrons. The molecular weight excluding hydrogens is 226 g/mol. The molecule has 4 heteroatoms. The van der Waals surface area contributed by atoms with Gasteiger partial charge in [0.05, 0.1) is 0 Å². The fourth-order valence-electron chi connectivity index (χ4n) is 3.82. The lowest BCUT2D eigenvalue weighted by molar-refractivity contribution is -0.139. The van der Waals surface area contributed by atoms with Crippen LogP contribution in [0.5, 0.6) is 0 Å². The number of hydrogen-bond acceptors (Lipinski definition) is 3. The van der Waals surface area contributed by atoms with Crippen LogP contribution >= 0.6 is 0 Å². The van der Waals surface area contributed by atoms with Crippen LogP contribution in [0.25, 0.3) is 0 Å². The molecule has 2 saturated heterocycles. The zero-order chi connectivity index (χ0) is 12.5. The van der Waals surface area contributed by atoms with Gasteiger partial charge in [0.1, 0.15) is 0 Å². The molecule has 18 heavy (non-hydrogen) atoms. The van der Waals surface area contributed by atoms with E-state index >= 15 is 0 Å². The summed E-state index contributed by atoms with van der Waals surface area (Å²) < 4.78 is 0. The number of rotatable bonds is 1. The number of carbonyl (C=O) groups excluding carboxylic acids is 1. The maximum Gasteiger partial charge on any atom is 0.225 e. The molecule has 2 heterocycles. The molecule has 1 saturated carbocycles. The van der Waals surface area contributed by atoms with Crippen LogP contribution in [0, 0.1) is 5.92 Å². The van der Waals surface area contributed by atoms with E-state index in [1.54, 1.807) is 0 Å². The maximum atomic E-state index is 12.5. The Morgan fingerprint density at radius 1 is 1.00 bits per heavy atom. The largest absolute Gasteiger partial charge is 0.340 e. The minimum Gasteiger partial charge on any atom is -0.340 e. The Labute approximate surface area is 109 Å². The van der Waals surface area contributed by atoms with E-state index in [9.17, 15) is 4.79 Å². The third-order valence-electron chi connectivity index (χ3n) is 5.02. The first-order valence-electron chi connectivity index (χ1n) is 7.52. The molecule has 3 fully saturated rings. The molecule has 1 amide bonds. The molecule has 1 aliphatic carbocycles. The summed E-state index contributed by atoms with van der Waals surface area (Å²) in [6, 6.07) is 0.981. The summed E-state index contributed by atoms with van der Waals surface area (Å²) in [5.41, 5.74) is 5.91. The fourth-order valence-corrected chi connectivity index (χ4v) is 3.82. The molecule has 2 N–H and O–H groups in total. The molecule has 0 aromatic carbocycles. The minimum absolute atomic E-state index is 0.262. The van der Waals surface area contributed by atoms with Crippen molar-refractivity contribution in [3.63, 3.8) is 0 Å². The van der Waals surface area contributed by atoms with Crippen LogP contribution < -0.4 is 5.73 Å². The van der Waals surface area contributed by atoms with Crippen molar-refractivity contribution < 1.29 is 4.79 Å². The van der Waals surface area contributed by atoms with Crippen LogP contribution in [0.4, 0.5) is 0 Å². The fraction of sp³-hybridized carbons (Fsp3) is 0.929. The lowest BCUT2D eigenvalue weighted by Gasteiger charge is -2.39. The molecule has 1 unspecified atom stereocenters. The van der Waals surface area contributed by atoms with Gasteiger partial charge in [0.2, 0.25) is 5.91 Å². The molecule has 2 aliphatic heterocycles.